The smallest absolute Gasteiger partial charge is 0.311 e. The first kappa shape index (κ1) is 25.5. The Balaban J connectivity index is 1.49. The minimum atomic E-state index is -0.765. The molecule has 3 fully saturated rings. The number of nitrogens with zero attached hydrogens (tertiary/aromatic N) is 5. The van der Waals surface area contributed by atoms with E-state index in [1.165, 1.54) is 6.08 Å². The summed E-state index contributed by atoms with van der Waals surface area (Å²) in [4.78, 5) is 44.4. The molecule has 1 N–H and O–H groups in total. The van der Waals surface area contributed by atoms with Gasteiger partial charge in [0.2, 0.25) is 11.8 Å². The molecular weight excluding hydrogens is 494 g/mol. The van der Waals surface area contributed by atoms with Crippen molar-refractivity contribution in [1.82, 2.24) is 24.8 Å². The molecule has 0 saturated carbocycles. The van der Waals surface area contributed by atoms with Crippen molar-refractivity contribution < 1.29 is 24.2 Å². The van der Waals surface area contributed by atoms with Gasteiger partial charge in [-0.1, -0.05) is 36.1 Å². The Bertz CT molecular complexity index is 1230. The molecule has 1 aromatic carbocycles. The molecule has 10 nitrogen and oxygen atoms in total. The number of hydrogen-bond acceptors (Lipinski definition) is 8. The molecule has 2 unspecified atom stereocenters. The van der Waals surface area contributed by atoms with Crippen LogP contribution in [0.15, 0.2) is 49.6 Å². The molecule has 4 heterocycles. The number of amides is 2. The summed E-state index contributed by atoms with van der Waals surface area (Å²) in [5.41, 5.74) is 1.51. The molecule has 2 amide bonds. The Labute approximate surface area is 219 Å². The highest BCUT2D eigenvalue weighted by Gasteiger charge is 2.74. The van der Waals surface area contributed by atoms with Gasteiger partial charge in [-0.05, 0) is 31.4 Å². The van der Waals surface area contributed by atoms with Crippen LogP contribution in [0.2, 0.25) is 0 Å². The summed E-state index contributed by atoms with van der Waals surface area (Å²) in [6, 6.07) is 6.74. The molecule has 1 spiro atoms. The fourth-order valence-corrected chi connectivity index (χ4v) is 8.35. The third kappa shape index (κ3) is 4.14. The fourth-order valence-electron chi connectivity index (χ4n) is 6.15. The quantitative estimate of drug-likeness (QED) is 0.347. The van der Waals surface area contributed by atoms with Gasteiger partial charge in [0, 0.05) is 24.9 Å². The molecule has 5 rings (SSSR count). The summed E-state index contributed by atoms with van der Waals surface area (Å²) in [6.07, 6.45) is 4.88. The number of para-hydroxylation sites is 1. The number of carbonyl (C=O) groups excluding carboxylic acids is 3. The van der Waals surface area contributed by atoms with Crippen LogP contribution >= 0.6 is 11.8 Å². The molecule has 3 saturated heterocycles. The van der Waals surface area contributed by atoms with Crippen molar-refractivity contribution in [3.05, 3.63) is 49.6 Å². The SMILES string of the molecule is C=CCOC(=O)[C@@H]1[C@H]2C(=O)N(CCCO)C(C(=O)N(CC=C)Cn3nnc4ccccc43)C23CC[C@H]1S3. The molecular formula is C26H31N5O5S. The minimum absolute atomic E-state index is 0.0753. The Hall–Kier alpha value is -3.18. The number of aliphatic hydroxyl groups is 1. The van der Waals surface area contributed by atoms with Gasteiger partial charge < -0.3 is 19.6 Å². The number of esters is 1. The van der Waals surface area contributed by atoms with E-state index >= 15 is 0 Å². The monoisotopic (exact) mass is 525 g/mol. The number of benzene rings is 1. The summed E-state index contributed by atoms with van der Waals surface area (Å²) >= 11 is 1.58. The molecule has 5 atom stereocenters. The summed E-state index contributed by atoms with van der Waals surface area (Å²) in [6.45, 7) is 8.04. The van der Waals surface area contributed by atoms with E-state index in [1.807, 2.05) is 24.3 Å². The van der Waals surface area contributed by atoms with E-state index in [1.54, 1.807) is 32.3 Å². The highest BCUT2D eigenvalue weighted by molar-refractivity contribution is 8.02. The maximum absolute atomic E-state index is 14.3. The first-order valence-corrected chi connectivity index (χ1v) is 13.4. The third-order valence-corrected chi connectivity index (χ3v) is 9.54. The second-order valence-electron chi connectivity index (χ2n) is 9.65. The highest BCUT2D eigenvalue weighted by atomic mass is 32.2. The molecule has 3 aliphatic rings. The van der Waals surface area contributed by atoms with Gasteiger partial charge in [-0.15, -0.1) is 23.4 Å². The van der Waals surface area contributed by atoms with Gasteiger partial charge in [0.25, 0.3) is 0 Å². The van der Waals surface area contributed by atoms with E-state index in [4.69, 9.17) is 4.74 Å². The number of ether oxygens (including phenoxy) is 1. The van der Waals surface area contributed by atoms with Crippen molar-refractivity contribution in [2.75, 3.05) is 26.3 Å². The third-order valence-electron chi connectivity index (χ3n) is 7.59. The maximum atomic E-state index is 14.3. The average molecular weight is 526 g/mol. The zero-order valence-electron chi connectivity index (χ0n) is 20.6. The lowest BCUT2D eigenvalue weighted by Gasteiger charge is -2.37. The first-order valence-electron chi connectivity index (χ1n) is 12.5. The van der Waals surface area contributed by atoms with Crippen LogP contribution in [0.25, 0.3) is 11.0 Å². The van der Waals surface area contributed by atoms with E-state index in [-0.39, 0.29) is 50.0 Å². The largest absolute Gasteiger partial charge is 0.461 e. The predicted molar refractivity (Wildman–Crippen MR) is 138 cm³/mol. The van der Waals surface area contributed by atoms with Gasteiger partial charge >= 0.3 is 5.97 Å². The molecule has 1 aromatic heterocycles. The lowest BCUT2D eigenvalue weighted by Crippen LogP contribution is -2.55. The van der Waals surface area contributed by atoms with Crippen molar-refractivity contribution in [1.29, 1.82) is 0 Å². The number of likely N-dealkylation sites (tertiary alicyclic amines) is 1. The zero-order valence-corrected chi connectivity index (χ0v) is 21.4. The second-order valence-corrected chi connectivity index (χ2v) is 11.3. The number of thioether (sulfide) groups is 1. The maximum Gasteiger partial charge on any atom is 0.311 e. The highest BCUT2D eigenvalue weighted by Crippen LogP contribution is 2.66. The number of hydrogen-bond donors (Lipinski definition) is 1. The van der Waals surface area contributed by atoms with E-state index in [2.05, 4.69) is 23.5 Å². The van der Waals surface area contributed by atoms with Crippen LogP contribution in [0.1, 0.15) is 19.3 Å². The molecule has 196 valence electrons. The van der Waals surface area contributed by atoms with Crippen molar-refractivity contribution >= 4 is 40.6 Å². The van der Waals surface area contributed by atoms with Gasteiger partial charge in [0.05, 0.1) is 22.1 Å². The molecule has 0 aliphatic carbocycles. The topological polar surface area (TPSA) is 118 Å². The Morgan fingerprint density at radius 1 is 1.30 bits per heavy atom. The van der Waals surface area contributed by atoms with Gasteiger partial charge in [-0.3, -0.25) is 14.4 Å². The molecule has 37 heavy (non-hydrogen) atoms. The Morgan fingerprint density at radius 3 is 2.86 bits per heavy atom. The van der Waals surface area contributed by atoms with E-state index < -0.39 is 28.6 Å². The van der Waals surface area contributed by atoms with Gasteiger partial charge in [-0.25, -0.2) is 4.68 Å². The number of fused-ring (bicyclic) bond motifs is 2. The van der Waals surface area contributed by atoms with Crippen LogP contribution in [-0.2, 0) is 25.8 Å². The van der Waals surface area contributed by atoms with Crippen molar-refractivity contribution in [2.24, 2.45) is 11.8 Å². The molecule has 0 radical (unpaired) electrons. The van der Waals surface area contributed by atoms with Crippen LogP contribution in [0.5, 0.6) is 0 Å². The van der Waals surface area contributed by atoms with Gasteiger partial charge in [-0.2, -0.15) is 0 Å². The van der Waals surface area contributed by atoms with E-state index in [0.717, 1.165) is 17.5 Å². The van der Waals surface area contributed by atoms with Crippen LogP contribution in [0, 0.1) is 11.8 Å². The number of carbonyl (C=O) groups is 3. The van der Waals surface area contributed by atoms with Crippen LogP contribution < -0.4 is 0 Å². The summed E-state index contributed by atoms with van der Waals surface area (Å²) in [7, 11) is 0. The lowest BCUT2D eigenvalue weighted by molar-refractivity contribution is -0.153. The second kappa shape index (κ2) is 10.3. The summed E-state index contributed by atoms with van der Waals surface area (Å²) < 4.78 is 6.32. The standard InChI is InChI=1S/C26H31N5O5S/c1-3-12-29(16-31-18-9-6-5-8-17(18)27-28-31)24(34)22-26-11-10-19(37-26)20(25(35)36-15-4-2)21(26)23(33)30(22)13-7-14-32/h3-6,8-9,19-22,32H,1-2,7,10-16H2/t19-,20+,21+,22?,26?/m1/s1. The minimum Gasteiger partial charge on any atom is -0.461 e. The fraction of sp³-hybridized carbons (Fsp3) is 0.500. The summed E-state index contributed by atoms with van der Waals surface area (Å²) in [5.74, 6) is -2.09. The summed E-state index contributed by atoms with van der Waals surface area (Å²) in [5, 5.41) is 17.9. The first-order chi connectivity index (χ1) is 18.0. The number of rotatable bonds is 11. The lowest BCUT2D eigenvalue weighted by atomic mass is 9.71. The van der Waals surface area contributed by atoms with Crippen molar-refractivity contribution in [3.8, 4) is 0 Å². The molecule has 11 heteroatoms. The van der Waals surface area contributed by atoms with Crippen LogP contribution in [0.4, 0.5) is 0 Å². The Morgan fingerprint density at radius 2 is 2.11 bits per heavy atom. The molecule has 2 aromatic rings. The molecule has 2 bridgehead atoms. The predicted octanol–water partition coefficient (Wildman–Crippen LogP) is 1.61. The van der Waals surface area contributed by atoms with Gasteiger partial charge in [0.15, 0.2) is 0 Å². The number of aromatic nitrogens is 3. The van der Waals surface area contributed by atoms with Crippen LogP contribution in [-0.4, -0.2) is 90.0 Å². The normalized spacial score (nSPS) is 27.9. The molecule has 3 aliphatic heterocycles. The Kier molecular flexibility index (Phi) is 7.09. The zero-order chi connectivity index (χ0) is 26.2. The van der Waals surface area contributed by atoms with Crippen LogP contribution in [0.3, 0.4) is 0 Å². The van der Waals surface area contributed by atoms with E-state index in [9.17, 15) is 19.5 Å². The van der Waals surface area contributed by atoms with Crippen molar-refractivity contribution in [2.45, 2.75) is 42.0 Å². The van der Waals surface area contributed by atoms with Gasteiger partial charge in [0.1, 0.15) is 24.8 Å². The van der Waals surface area contributed by atoms with E-state index in [0.29, 0.717) is 12.8 Å². The van der Waals surface area contributed by atoms with Crippen molar-refractivity contribution in [3.63, 3.8) is 0 Å². The average Bonchev–Trinajstić information content (AvgIpc) is 3.65. The number of aliphatic hydroxyl groups excluding tert-OH is 1.